The molecule has 0 saturated heterocycles. The minimum atomic E-state index is -0.0760. The summed E-state index contributed by atoms with van der Waals surface area (Å²) in [7, 11) is 0. The number of carbonyl (C=O) groups excluding carboxylic acids is 1. The van der Waals surface area contributed by atoms with Crippen molar-refractivity contribution in [1.29, 1.82) is 0 Å². The van der Waals surface area contributed by atoms with Gasteiger partial charge in [-0.05, 0) is 18.6 Å². The van der Waals surface area contributed by atoms with Crippen molar-refractivity contribution >= 4 is 22.4 Å². The summed E-state index contributed by atoms with van der Waals surface area (Å²) in [5.74, 6) is 0.0389. The van der Waals surface area contributed by atoms with E-state index in [1.165, 1.54) is 22.0 Å². The van der Waals surface area contributed by atoms with Crippen LogP contribution in [0.3, 0.4) is 0 Å². The minimum Gasteiger partial charge on any atom is -0.356 e. The van der Waals surface area contributed by atoms with Gasteiger partial charge in [0.25, 0.3) is 0 Å². The molecule has 108 valence electrons. The summed E-state index contributed by atoms with van der Waals surface area (Å²) in [4.78, 5) is 12.1. The summed E-state index contributed by atoms with van der Waals surface area (Å²) in [5.41, 5.74) is 3.82. The fourth-order valence-corrected chi connectivity index (χ4v) is 3.53. The zero-order valence-electron chi connectivity index (χ0n) is 12.1. The predicted octanol–water partition coefficient (Wildman–Crippen LogP) is 1.76. The van der Waals surface area contributed by atoms with Crippen molar-refractivity contribution in [1.82, 2.24) is 15.2 Å². The normalized spacial score (nSPS) is 23.6. The summed E-state index contributed by atoms with van der Waals surface area (Å²) in [5, 5.41) is 7.73. The van der Waals surface area contributed by atoms with Gasteiger partial charge in [0.15, 0.2) is 0 Å². The van der Waals surface area contributed by atoms with Crippen molar-refractivity contribution in [2.45, 2.75) is 19.5 Å². The van der Waals surface area contributed by atoms with Crippen LogP contribution < -0.4 is 10.6 Å². The van der Waals surface area contributed by atoms with Gasteiger partial charge in [0.2, 0.25) is 5.91 Å². The van der Waals surface area contributed by atoms with Crippen LogP contribution in [0.15, 0.2) is 36.5 Å². The van der Waals surface area contributed by atoms with E-state index < -0.39 is 0 Å². The van der Waals surface area contributed by atoms with E-state index >= 15 is 0 Å². The highest BCUT2D eigenvalue weighted by Gasteiger charge is 2.31. The first-order chi connectivity index (χ1) is 10.3. The van der Waals surface area contributed by atoms with Gasteiger partial charge in [-0.2, -0.15) is 0 Å². The zero-order chi connectivity index (χ0) is 14.4. The average Bonchev–Trinajstić information content (AvgIpc) is 2.92. The summed E-state index contributed by atoms with van der Waals surface area (Å²) >= 11 is 0. The molecule has 1 unspecified atom stereocenters. The molecule has 0 aliphatic carbocycles. The minimum absolute atomic E-state index is 0.0760. The average molecular weight is 281 g/mol. The molecule has 4 rings (SSSR count). The van der Waals surface area contributed by atoms with Crippen LogP contribution in [0.25, 0.3) is 16.5 Å². The Morgan fingerprint density at radius 2 is 2.33 bits per heavy atom. The number of fused-ring (bicyclic) bond motifs is 2. The van der Waals surface area contributed by atoms with Crippen molar-refractivity contribution in [3.8, 4) is 0 Å². The molecule has 2 atom stereocenters. The lowest BCUT2D eigenvalue weighted by Gasteiger charge is -2.34. The maximum atomic E-state index is 12.1. The number of benzene rings is 1. The molecule has 3 heterocycles. The van der Waals surface area contributed by atoms with Gasteiger partial charge >= 0.3 is 0 Å². The molecule has 21 heavy (non-hydrogen) atoms. The van der Waals surface area contributed by atoms with E-state index in [2.05, 4.69) is 51.7 Å². The van der Waals surface area contributed by atoms with E-state index in [1.54, 1.807) is 0 Å². The highest BCUT2D eigenvalue weighted by atomic mass is 16.1. The third-order valence-electron chi connectivity index (χ3n) is 4.51. The Morgan fingerprint density at radius 1 is 1.43 bits per heavy atom. The Hall–Kier alpha value is -2.07. The van der Waals surface area contributed by atoms with Gasteiger partial charge in [0.1, 0.15) is 0 Å². The van der Waals surface area contributed by atoms with E-state index in [4.69, 9.17) is 0 Å². The number of carbonyl (C=O) groups is 1. The molecule has 0 saturated carbocycles. The summed E-state index contributed by atoms with van der Waals surface area (Å²) in [6.45, 7) is 4.29. The zero-order valence-corrected chi connectivity index (χ0v) is 12.1. The fraction of sp³-hybridized carbons (Fsp3) is 0.353. The number of rotatable bonds is 2. The molecule has 1 aromatic heterocycles. The third kappa shape index (κ3) is 1.90. The number of hydrogen-bond acceptors (Lipinski definition) is 2. The van der Waals surface area contributed by atoms with Crippen LogP contribution in [-0.2, 0) is 11.3 Å². The van der Waals surface area contributed by atoms with Gasteiger partial charge in [0, 0.05) is 36.8 Å². The molecule has 4 heteroatoms. The SMILES string of the molecule is CCNC(=O)C1C=C2c3cccc4ccn(c34)C[C@H]2NC1. The Kier molecular flexibility index (Phi) is 2.86. The molecule has 2 aromatic rings. The van der Waals surface area contributed by atoms with Crippen LogP contribution in [0, 0.1) is 5.92 Å². The molecule has 0 fully saturated rings. The van der Waals surface area contributed by atoms with Gasteiger partial charge < -0.3 is 15.2 Å². The first-order valence-electron chi connectivity index (χ1n) is 7.59. The highest BCUT2D eigenvalue weighted by molar-refractivity contribution is 5.96. The van der Waals surface area contributed by atoms with E-state index in [-0.39, 0.29) is 11.8 Å². The Bertz CT molecular complexity index is 744. The maximum absolute atomic E-state index is 12.1. The van der Waals surface area contributed by atoms with Gasteiger partial charge in [-0.1, -0.05) is 24.3 Å². The molecule has 0 radical (unpaired) electrons. The number of aromatic nitrogens is 1. The number of nitrogens with zero attached hydrogens (tertiary/aromatic N) is 1. The standard InChI is InChI=1S/C17H19N3O/c1-2-18-17(21)12-8-14-13-5-3-4-11-6-7-20(16(11)13)10-15(14)19-9-12/h3-8,12,15,19H,2,9-10H2,1H3,(H,18,21)/t12?,15-/m1/s1. The third-order valence-corrected chi connectivity index (χ3v) is 4.51. The van der Waals surface area contributed by atoms with Crippen LogP contribution >= 0.6 is 0 Å². The molecule has 4 nitrogen and oxygen atoms in total. The van der Waals surface area contributed by atoms with E-state index in [1.807, 2.05) is 6.92 Å². The summed E-state index contributed by atoms with van der Waals surface area (Å²) in [6, 6.07) is 8.88. The van der Waals surface area contributed by atoms with Gasteiger partial charge in [-0.25, -0.2) is 0 Å². The Balaban J connectivity index is 1.81. The molecule has 1 amide bonds. The van der Waals surface area contributed by atoms with Crippen LogP contribution in [-0.4, -0.2) is 29.6 Å². The summed E-state index contributed by atoms with van der Waals surface area (Å²) in [6.07, 6.45) is 4.32. The smallest absolute Gasteiger partial charge is 0.228 e. The van der Waals surface area contributed by atoms with Crippen LogP contribution in [0.1, 0.15) is 12.5 Å². The second-order valence-corrected chi connectivity index (χ2v) is 5.80. The highest BCUT2D eigenvalue weighted by Crippen LogP contribution is 2.35. The lowest BCUT2D eigenvalue weighted by atomic mass is 9.87. The predicted molar refractivity (Wildman–Crippen MR) is 83.9 cm³/mol. The Morgan fingerprint density at radius 3 is 3.19 bits per heavy atom. The van der Waals surface area contributed by atoms with Crippen LogP contribution in [0.5, 0.6) is 0 Å². The first kappa shape index (κ1) is 12.7. The van der Waals surface area contributed by atoms with Gasteiger partial charge in [0.05, 0.1) is 17.5 Å². The lowest BCUT2D eigenvalue weighted by molar-refractivity contribution is -0.123. The van der Waals surface area contributed by atoms with E-state index in [0.717, 1.165) is 6.54 Å². The molecular formula is C17H19N3O. The number of amides is 1. The monoisotopic (exact) mass is 281 g/mol. The molecule has 2 N–H and O–H groups in total. The summed E-state index contributed by atoms with van der Waals surface area (Å²) < 4.78 is 2.31. The maximum Gasteiger partial charge on any atom is 0.228 e. The molecule has 0 bridgehead atoms. The van der Waals surface area contributed by atoms with Crippen molar-refractivity contribution < 1.29 is 4.79 Å². The van der Waals surface area contributed by atoms with Crippen molar-refractivity contribution in [3.63, 3.8) is 0 Å². The number of nitrogens with one attached hydrogen (secondary N) is 2. The molecule has 2 aliphatic heterocycles. The molecular weight excluding hydrogens is 262 g/mol. The van der Waals surface area contributed by atoms with Crippen molar-refractivity contribution in [2.24, 2.45) is 5.92 Å². The second kappa shape index (κ2) is 4.74. The second-order valence-electron chi connectivity index (χ2n) is 5.80. The van der Waals surface area contributed by atoms with Crippen molar-refractivity contribution in [2.75, 3.05) is 13.1 Å². The fourth-order valence-electron chi connectivity index (χ4n) is 3.53. The first-order valence-corrected chi connectivity index (χ1v) is 7.59. The number of hydrogen-bond donors (Lipinski definition) is 2. The van der Waals surface area contributed by atoms with Crippen molar-refractivity contribution in [3.05, 3.63) is 42.1 Å². The molecule has 1 aromatic carbocycles. The Labute approximate surface area is 123 Å². The lowest BCUT2D eigenvalue weighted by Crippen LogP contribution is -2.46. The quantitative estimate of drug-likeness (QED) is 0.881. The number of para-hydroxylation sites is 1. The largest absolute Gasteiger partial charge is 0.356 e. The van der Waals surface area contributed by atoms with Gasteiger partial charge in [-0.15, -0.1) is 0 Å². The van der Waals surface area contributed by atoms with Crippen LogP contribution in [0.2, 0.25) is 0 Å². The molecule has 0 spiro atoms. The van der Waals surface area contributed by atoms with E-state index in [9.17, 15) is 4.79 Å². The van der Waals surface area contributed by atoms with E-state index in [0.29, 0.717) is 19.1 Å². The molecule has 2 aliphatic rings. The topological polar surface area (TPSA) is 46.1 Å². The van der Waals surface area contributed by atoms with Crippen LogP contribution in [0.4, 0.5) is 0 Å². The van der Waals surface area contributed by atoms with Gasteiger partial charge in [-0.3, -0.25) is 4.79 Å².